The molecule has 12 saturated carbocycles. The van der Waals surface area contributed by atoms with Crippen molar-refractivity contribution >= 4 is 0 Å². The van der Waals surface area contributed by atoms with Gasteiger partial charge in [0.1, 0.15) is 0 Å². The van der Waals surface area contributed by atoms with E-state index in [2.05, 4.69) is 69.2 Å². The van der Waals surface area contributed by atoms with E-state index >= 15 is 0 Å². The highest BCUT2D eigenvalue weighted by molar-refractivity contribution is 5.11. The molecular formula is C50H88. The van der Waals surface area contributed by atoms with Crippen molar-refractivity contribution in [2.45, 2.75) is 198 Å². The van der Waals surface area contributed by atoms with Gasteiger partial charge in [-0.25, -0.2) is 0 Å². The van der Waals surface area contributed by atoms with Crippen LogP contribution < -0.4 is 0 Å². The van der Waals surface area contributed by atoms with Crippen LogP contribution in [0.5, 0.6) is 0 Å². The Bertz CT molecular complexity index is 995. The topological polar surface area (TPSA) is 0 Å². The average Bonchev–Trinajstić information content (AvgIpc) is 3.89. The lowest BCUT2D eigenvalue weighted by atomic mass is 9.45. The van der Waals surface area contributed by atoms with E-state index in [4.69, 9.17) is 0 Å². The van der Waals surface area contributed by atoms with Crippen LogP contribution in [0.3, 0.4) is 0 Å². The zero-order chi connectivity index (χ0) is 35.5. The van der Waals surface area contributed by atoms with Crippen molar-refractivity contribution in [1.29, 1.82) is 0 Å². The first-order valence-electron chi connectivity index (χ1n) is 23.7. The van der Waals surface area contributed by atoms with E-state index in [1.165, 1.54) is 76.0 Å². The quantitative estimate of drug-likeness (QED) is 0.222. The maximum Gasteiger partial charge on any atom is -0.0315 e. The molecule has 0 heteroatoms. The number of fused-ring (bicyclic) bond motifs is 11. The lowest BCUT2D eigenvalue weighted by molar-refractivity contribution is -0.0920. The van der Waals surface area contributed by atoms with Crippen LogP contribution in [-0.4, -0.2) is 0 Å². The van der Waals surface area contributed by atoms with Gasteiger partial charge >= 0.3 is 0 Å². The second-order valence-corrected chi connectivity index (χ2v) is 23.9. The van der Waals surface area contributed by atoms with Crippen LogP contribution in [0, 0.1) is 117 Å². The minimum absolute atomic E-state index is 0.763. The summed E-state index contributed by atoms with van der Waals surface area (Å²) in [7, 11) is 0. The van der Waals surface area contributed by atoms with E-state index in [9.17, 15) is 0 Å². The molecule has 12 fully saturated rings. The molecule has 0 aromatic heterocycles. The molecule has 0 spiro atoms. The lowest BCUT2D eigenvalue weighted by Gasteiger charge is -2.60. The van der Waals surface area contributed by atoms with Gasteiger partial charge in [0, 0.05) is 0 Å². The second-order valence-electron chi connectivity index (χ2n) is 23.9. The number of hydrogen-bond donors (Lipinski definition) is 0. The third kappa shape index (κ3) is 8.16. The standard InChI is InChI=1S/C14H22.C12H20.C9H16.C8H16.C7H14/c1-7-3-9-5-11(7)13-10-4-8(2)12(6-10)14(9)13;1-11-4-9-3-10(5-11)7-12(2,6-9)8-11;1-6-3-9-5-8(6)4-7(9)2;1-7-3-5-8(2)6-4-7;1-6-4-3-5-7(6)2/h7-14H,3-6H2,1-2H3;9-10H,3-8H2,1-2H3;6-9H,3-5H2,1-2H3;7-8H,3-6H2,1-2H3;6-7H,3-5H2,1-2H3. The van der Waals surface area contributed by atoms with Crippen LogP contribution in [0.1, 0.15) is 198 Å². The molecule has 50 heavy (non-hydrogen) atoms. The first-order chi connectivity index (χ1) is 23.7. The highest BCUT2D eigenvalue weighted by Gasteiger charge is 2.63. The molecule has 14 atom stereocenters. The van der Waals surface area contributed by atoms with E-state index in [-0.39, 0.29) is 0 Å². The molecule has 0 amide bonds. The SMILES string of the molecule is CC12CC3CC(C1)CC(C)(C3)C2.CC1CC2CC1C1C3CC(C)C(C3)C21.CC1CC2CC1CC2C.CC1CCC(C)CC1.CC1CCCC1C. The van der Waals surface area contributed by atoms with Gasteiger partial charge in [0.15, 0.2) is 0 Å². The molecule has 0 aromatic rings. The van der Waals surface area contributed by atoms with Crippen LogP contribution >= 0.6 is 0 Å². The van der Waals surface area contributed by atoms with E-state index in [1.807, 2.05) is 0 Å². The molecule has 10 bridgehead atoms. The Morgan fingerprint density at radius 2 is 0.740 bits per heavy atom. The fourth-order valence-corrected chi connectivity index (χ4v) is 17.1. The molecule has 12 aliphatic rings. The Balaban J connectivity index is 0.000000101. The van der Waals surface area contributed by atoms with Crippen LogP contribution in [0.4, 0.5) is 0 Å². The summed E-state index contributed by atoms with van der Waals surface area (Å²) in [5.41, 5.74) is 1.53. The molecule has 0 aromatic carbocycles. The minimum Gasteiger partial charge on any atom is -0.0625 e. The van der Waals surface area contributed by atoms with Gasteiger partial charge in [0.2, 0.25) is 0 Å². The van der Waals surface area contributed by atoms with Gasteiger partial charge in [-0.15, -0.1) is 0 Å². The smallest absolute Gasteiger partial charge is 0.0315 e. The summed E-state index contributed by atoms with van der Waals surface area (Å²) in [6.45, 7) is 24.4. The molecule has 288 valence electrons. The van der Waals surface area contributed by atoms with Crippen molar-refractivity contribution in [3.05, 3.63) is 0 Å². The van der Waals surface area contributed by atoms with Gasteiger partial charge in [0.05, 0.1) is 0 Å². The van der Waals surface area contributed by atoms with Gasteiger partial charge in [-0.1, -0.05) is 114 Å². The molecule has 0 saturated heterocycles. The number of rotatable bonds is 0. The van der Waals surface area contributed by atoms with Crippen molar-refractivity contribution in [2.75, 3.05) is 0 Å². The molecule has 12 aliphatic carbocycles. The third-order valence-electron chi connectivity index (χ3n) is 19.3. The summed E-state index contributed by atoms with van der Waals surface area (Å²) in [5.74, 6) is 19.9. The number of hydrogen-bond acceptors (Lipinski definition) is 0. The monoisotopic (exact) mass is 689 g/mol. The fourth-order valence-electron chi connectivity index (χ4n) is 17.1. The van der Waals surface area contributed by atoms with Gasteiger partial charge in [-0.05, 0) is 201 Å². The van der Waals surface area contributed by atoms with E-state index in [0.717, 1.165) is 106 Å². The molecular weight excluding hydrogens is 601 g/mol. The Morgan fingerprint density at radius 3 is 1.04 bits per heavy atom. The Morgan fingerprint density at radius 1 is 0.360 bits per heavy atom. The molecule has 0 N–H and O–H groups in total. The summed E-state index contributed by atoms with van der Waals surface area (Å²) in [6, 6.07) is 0. The van der Waals surface area contributed by atoms with Crippen molar-refractivity contribution in [2.24, 2.45) is 117 Å². The predicted molar refractivity (Wildman–Crippen MR) is 217 cm³/mol. The van der Waals surface area contributed by atoms with E-state index < -0.39 is 0 Å². The zero-order valence-corrected chi connectivity index (χ0v) is 35.5. The summed E-state index contributed by atoms with van der Waals surface area (Å²) in [4.78, 5) is 0. The molecule has 0 heterocycles. The van der Waals surface area contributed by atoms with Crippen LogP contribution in [-0.2, 0) is 0 Å². The van der Waals surface area contributed by atoms with Crippen LogP contribution in [0.2, 0.25) is 0 Å². The maximum atomic E-state index is 2.54. The lowest BCUT2D eigenvalue weighted by Crippen LogP contribution is -2.49. The average molecular weight is 689 g/mol. The first-order valence-corrected chi connectivity index (χ1v) is 23.7. The largest absolute Gasteiger partial charge is 0.0625 e. The summed E-state index contributed by atoms with van der Waals surface area (Å²) in [6.07, 6.45) is 30.7. The summed E-state index contributed by atoms with van der Waals surface area (Å²) in [5, 5.41) is 0. The predicted octanol–water partition coefficient (Wildman–Crippen LogP) is 15.1. The maximum absolute atomic E-state index is 2.54. The molecule has 0 aliphatic heterocycles. The van der Waals surface area contributed by atoms with Gasteiger partial charge in [0.25, 0.3) is 0 Å². The van der Waals surface area contributed by atoms with Crippen LogP contribution in [0.25, 0.3) is 0 Å². The summed E-state index contributed by atoms with van der Waals surface area (Å²) >= 11 is 0. The van der Waals surface area contributed by atoms with Gasteiger partial charge in [-0.3, -0.25) is 0 Å². The Hall–Kier alpha value is 0. The van der Waals surface area contributed by atoms with E-state index in [1.54, 1.807) is 64.2 Å². The minimum atomic E-state index is 0.763. The van der Waals surface area contributed by atoms with Gasteiger partial charge < -0.3 is 0 Å². The highest BCUT2D eigenvalue weighted by Crippen LogP contribution is 2.70. The van der Waals surface area contributed by atoms with E-state index in [0.29, 0.717) is 0 Å². The molecule has 0 nitrogen and oxygen atoms in total. The van der Waals surface area contributed by atoms with Crippen molar-refractivity contribution in [3.63, 3.8) is 0 Å². The summed E-state index contributed by atoms with van der Waals surface area (Å²) < 4.78 is 0. The normalized spacial score (nSPS) is 56.8. The Kier molecular flexibility index (Phi) is 11.7. The molecule has 14 unspecified atom stereocenters. The molecule has 12 rings (SSSR count). The second kappa shape index (κ2) is 15.3. The molecule has 0 radical (unpaired) electrons. The first kappa shape index (κ1) is 38.3. The fraction of sp³-hybridized carbons (Fsp3) is 1.00. The zero-order valence-electron chi connectivity index (χ0n) is 35.5. The van der Waals surface area contributed by atoms with Crippen molar-refractivity contribution in [1.82, 2.24) is 0 Å². The van der Waals surface area contributed by atoms with Crippen LogP contribution in [0.15, 0.2) is 0 Å². The van der Waals surface area contributed by atoms with Crippen molar-refractivity contribution < 1.29 is 0 Å². The third-order valence-corrected chi connectivity index (χ3v) is 19.3. The van der Waals surface area contributed by atoms with Gasteiger partial charge in [-0.2, -0.15) is 0 Å². The Labute approximate surface area is 314 Å². The highest BCUT2D eigenvalue weighted by atomic mass is 14.7. The van der Waals surface area contributed by atoms with Crippen molar-refractivity contribution in [3.8, 4) is 0 Å².